The highest BCUT2D eigenvalue weighted by Crippen LogP contribution is 2.18. The molecule has 0 saturated carbocycles. The van der Waals surface area contributed by atoms with E-state index in [0.29, 0.717) is 19.5 Å². The van der Waals surface area contributed by atoms with Crippen LogP contribution in [0.1, 0.15) is 30.0 Å². The molecule has 0 unspecified atom stereocenters. The Hall–Kier alpha value is -2.82. The molecule has 0 aromatic heterocycles. The summed E-state index contributed by atoms with van der Waals surface area (Å²) in [7, 11) is 0. The van der Waals surface area contributed by atoms with Crippen LogP contribution in [-0.2, 0) is 16.1 Å². The van der Waals surface area contributed by atoms with Gasteiger partial charge in [-0.1, -0.05) is 42.0 Å². The van der Waals surface area contributed by atoms with E-state index >= 15 is 0 Å². The summed E-state index contributed by atoms with van der Waals surface area (Å²) in [5.74, 6) is 0.132. The van der Waals surface area contributed by atoms with Gasteiger partial charge in [0.25, 0.3) is 0 Å². The second kappa shape index (κ2) is 9.59. The van der Waals surface area contributed by atoms with Gasteiger partial charge in [0.05, 0.1) is 0 Å². The standard InChI is InChI=1S/C24H31N3O2/c1-19-6-4-8-22(16-19)18-27(21(3)28)11-10-24(29)26-14-12-25(13-15-26)23-9-5-7-20(2)17-23/h4-9,16-17H,10-15,18H2,1-3H3. The second-order valence-electron chi connectivity index (χ2n) is 7.89. The third-order valence-corrected chi connectivity index (χ3v) is 5.50. The Bertz CT molecular complexity index is 857. The van der Waals surface area contributed by atoms with Crippen LogP contribution in [0, 0.1) is 13.8 Å². The van der Waals surface area contributed by atoms with E-state index in [1.165, 1.54) is 16.8 Å². The van der Waals surface area contributed by atoms with Crippen LogP contribution in [-0.4, -0.2) is 54.3 Å². The zero-order valence-electron chi connectivity index (χ0n) is 17.7. The summed E-state index contributed by atoms with van der Waals surface area (Å²) in [6.07, 6.45) is 0.371. The van der Waals surface area contributed by atoms with Crippen molar-refractivity contribution in [3.8, 4) is 0 Å². The topological polar surface area (TPSA) is 43.9 Å². The Morgan fingerprint density at radius 3 is 2.21 bits per heavy atom. The molecular formula is C24H31N3O2. The predicted octanol–water partition coefficient (Wildman–Crippen LogP) is 3.39. The van der Waals surface area contributed by atoms with Crippen molar-refractivity contribution in [2.45, 2.75) is 33.7 Å². The van der Waals surface area contributed by atoms with Crippen molar-refractivity contribution in [3.05, 3.63) is 65.2 Å². The van der Waals surface area contributed by atoms with Crippen LogP contribution >= 0.6 is 0 Å². The highest BCUT2D eigenvalue weighted by Gasteiger charge is 2.22. The minimum atomic E-state index is 0.00331. The molecule has 1 aliphatic heterocycles. The Labute approximate surface area is 173 Å². The Balaban J connectivity index is 1.50. The molecule has 5 heteroatoms. The van der Waals surface area contributed by atoms with Gasteiger partial charge < -0.3 is 14.7 Å². The number of aryl methyl sites for hydroxylation is 2. The van der Waals surface area contributed by atoms with Gasteiger partial charge in [-0.3, -0.25) is 9.59 Å². The van der Waals surface area contributed by atoms with Gasteiger partial charge in [-0.05, 0) is 37.1 Å². The fourth-order valence-corrected chi connectivity index (χ4v) is 3.81. The van der Waals surface area contributed by atoms with Crippen LogP contribution in [0.15, 0.2) is 48.5 Å². The van der Waals surface area contributed by atoms with Crippen molar-refractivity contribution < 1.29 is 9.59 Å². The smallest absolute Gasteiger partial charge is 0.224 e. The molecule has 5 nitrogen and oxygen atoms in total. The second-order valence-corrected chi connectivity index (χ2v) is 7.89. The number of amides is 2. The van der Waals surface area contributed by atoms with Crippen molar-refractivity contribution in [3.63, 3.8) is 0 Å². The molecule has 0 radical (unpaired) electrons. The number of piperazine rings is 1. The molecule has 1 saturated heterocycles. The predicted molar refractivity (Wildman–Crippen MR) is 117 cm³/mol. The van der Waals surface area contributed by atoms with Crippen LogP contribution in [0.3, 0.4) is 0 Å². The number of nitrogens with zero attached hydrogens (tertiary/aromatic N) is 3. The van der Waals surface area contributed by atoms with Crippen molar-refractivity contribution in [1.29, 1.82) is 0 Å². The summed E-state index contributed by atoms with van der Waals surface area (Å²) in [6.45, 7) is 9.86. The zero-order chi connectivity index (χ0) is 20.8. The summed E-state index contributed by atoms with van der Waals surface area (Å²) in [5, 5.41) is 0. The van der Waals surface area contributed by atoms with Crippen LogP contribution in [0.4, 0.5) is 5.69 Å². The summed E-state index contributed by atoms with van der Waals surface area (Å²) < 4.78 is 0. The van der Waals surface area contributed by atoms with Crippen molar-refractivity contribution >= 4 is 17.5 Å². The maximum Gasteiger partial charge on any atom is 0.224 e. The molecule has 1 fully saturated rings. The van der Waals surface area contributed by atoms with Gasteiger partial charge in [-0.25, -0.2) is 0 Å². The van der Waals surface area contributed by atoms with Crippen molar-refractivity contribution in [2.24, 2.45) is 0 Å². The molecule has 0 bridgehead atoms. The first kappa shape index (κ1) is 20.9. The van der Waals surface area contributed by atoms with Crippen LogP contribution < -0.4 is 4.90 Å². The summed E-state index contributed by atoms with van der Waals surface area (Å²) >= 11 is 0. The molecule has 3 rings (SSSR count). The molecule has 0 aliphatic carbocycles. The van der Waals surface area contributed by atoms with E-state index in [1.54, 1.807) is 11.8 Å². The van der Waals surface area contributed by atoms with Gasteiger partial charge in [0.2, 0.25) is 11.8 Å². The molecule has 2 aromatic carbocycles. The number of anilines is 1. The van der Waals surface area contributed by atoms with E-state index in [2.05, 4.69) is 42.2 Å². The average molecular weight is 394 g/mol. The minimum absolute atomic E-state index is 0.00331. The molecule has 1 heterocycles. The third kappa shape index (κ3) is 5.83. The number of benzene rings is 2. The van der Waals surface area contributed by atoms with Gasteiger partial charge in [0, 0.05) is 58.3 Å². The summed E-state index contributed by atoms with van der Waals surface area (Å²) in [4.78, 5) is 30.8. The Morgan fingerprint density at radius 1 is 0.931 bits per heavy atom. The van der Waals surface area contributed by atoms with Gasteiger partial charge in [0.1, 0.15) is 0 Å². The van der Waals surface area contributed by atoms with Gasteiger partial charge >= 0.3 is 0 Å². The molecule has 154 valence electrons. The van der Waals surface area contributed by atoms with Gasteiger partial charge in [0.15, 0.2) is 0 Å². The van der Waals surface area contributed by atoms with E-state index in [0.717, 1.165) is 31.7 Å². The first-order valence-corrected chi connectivity index (χ1v) is 10.3. The molecule has 2 aromatic rings. The molecule has 1 aliphatic rings. The van der Waals surface area contributed by atoms with E-state index in [9.17, 15) is 9.59 Å². The summed E-state index contributed by atoms with van der Waals surface area (Å²) in [6, 6.07) is 16.6. The quantitative estimate of drug-likeness (QED) is 0.756. The number of carbonyl (C=O) groups excluding carboxylic acids is 2. The SMILES string of the molecule is CC(=O)N(CCC(=O)N1CCN(c2cccc(C)c2)CC1)Cc1cccc(C)c1. The first-order valence-electron chi connectivity index (χ1n) is 10.3. The van der Waals surface area contributed by atoms with Crippen molar-refractivity contribution in [2.75, 3.05) is 37.6 Å². The van der Waals surface area contributed by atoms with E-state index in [4.69, 9.17) is 0 Å². The largest absolute Gasteiger partial charge is 0.368 e. The fourth-order valence-electron chi connectivity index (χ4n) is 3.81. The Kier molecular flexibility index (Phi) is 6.91. The lowest BCUT2D eigenvalue weighted by atomic mass is 10.1. The van der Waals surface area contributed by atoms with E-state index < -0.39 is 0 Å². The normalized spacial score (nSPS) is 14.0. The lowest BCUT2D eigenvalue weighted by Gasteiger charge is -2.36. The zero-order valence-corrected chi connectivity index (χ0v) is 17.7. The minimum Gasteiger partial charge on any atom is -0.368 e. The number of hydrogen-bond acceptors (Lipinski definition) is 3. The summed E-state index contributed by atoms with van der Waals surface area (Å²) in [5.41, 5.74) is 4.74. The van der Waals surface area contributed by atoms with Crippen LogP contribution in [0.5, 0.6) is 0 Å². The number of hydrogen-bond donors (Lipinski definition) is 0. The Morgan fingerprint density at radius 2 is 1.59 bits per heavy atom. The molecule has 29 heavy (non-hydrogen) atoms. The third-order valence-electron chi connectivity index (χ3n) is 5.50. The molecule has 0 N–H and O–H groups in total. The maximum atomic E-state index is 12.7. The monoisotopic (exact) mass is 393 g/mol. The van der Waals surface area contributed by atoms with Gasteiger partial charge in [-0.2, -0.15) is 0 Å². The lowest BCUT2D eigenvalue weighted by molar-refractivity contribution is -0.134. The average Bonchev–Trinajstić information content (AvgIpc) is 2.71. The molecule has 0 spiro atoms. The van der Waals surface area contributed by atoms with E-state index in [-0.39, 0.29) is 11.8 Å². The highest BCUT2D eigenvalue weighted by atomic mass is 16.2. The van der Waals surface area contributed by atoms with Gasteiger partial charge in [-0.15, -0.1) is 0 Å². The fraction of sp³-hybridized carbons (Fsp3) is 0.417. The molecule has 0 atom stereocenters. The number of rotatable bonds is 6. The van der Waals surface area contributed by atoms with E-state index in [1.807, 2.05) is 30.0 Å². The highest BCUT2D eigenvalue weighted by molar-refractivity contribution is 5.78. The maximum absolute atomic E-state index is 12.7. The first-order chi connectivity index (χ1) is 13.9. The van der Waals surface area contributed by atoms with Crippen molar-refractivity contribution in [1.82, 2.24) is 9.80 Å². The lowest BCUT2D eigenvalue weighted by Crippen LogP contribution is -2.49. The molecule has 2 amide bonds. The van der Waals surface area contributed by atoms with Crippen LogP contribution in [0.25, 0.3) is 0 Å². The molecular weight excluding hydrogens is 362 g/mol. The van der Waals surface area contributed by atoms with Crippen LogP contribution in [0.2, 0.25) is 0 Å². The number of carbonyl (C=O) groups is 2.